The maximum absolute atomic E-state index is 12.6. The normalized spacial score (nSPS) is 17.0. The van der Waals surface area contributed by atoms with Crippen LogP contribution in [0, 0.1) is 5.92 Å². The van der Waals surface area contributed by atoms with Gasteiger partial charge in [-0.1, -0.05) is 6.92 Å². The Bertz CT molecular complexity index is 417. The average Bonchev–Trinajstić information content (AvgIpc) is 2.50. The van der Waals surface area contributed by atoms with Crippen LogP contribution in [0.2, 0.25) is 0 Å². The zero-order chi connectivity index (χ0) is 16.9. The number of carboxylic acids is 1. The molecule has 0 aliphatic carbocycles. The molecular formula is C15H27N3O4. The first-order valence-corrected chi connectivity index (χ1v) is 7.76. The van der Waals surface area contributed by atoms with Gasteiger partial charge >= 0.3 is 12.0 Å². The smallest absolute Gasteiger partial charge is 0.323 e. The SMILES string of the molecule is CCC(C)N(CC(=O)O)C(=O)C1CCN(C(=O)N(C)C)CC1. The molecule has 1 rings (SSSR count). The van der Waals surface area contributed by atoms with E-state index in [-0.39, 0.29) is 30.4 Å². The maximum Gasteiger partial charge on any atom is 0.323 e. The van der Waals surface area contributed by atoms with Crippen molar-refractivity contribution in [1.82, 2.24) is 14.7 Å². The zero-order valence-electron chi connectivity index (χ0n) is 13.9. The van der Waals surface area contributed by atoms with Crippen molar-refractivity contribution in [2.24, 2.45) is 5.92 Å². The van der Waals surface area contributed by atoms with Crippen molar-refractivity contribution in [3.05, 3.63) is 0 Å². The summed E-state index contributed by atoms with van der Waals surface area (Å²) in [6, 6.07) is -0.139. The number of carbonyl (C=O) groups is 3. The number of piperidine rings is 1. The van der Waals surface area contributed by atoms with Crippen LogP contribution in [0.3, 0.4) is 0 Å². The lowest BCUT2D eigenvalue weighted by Crippen LogP contribution is -2.49. The van der Waals surface area contributed by atoms with Crippen LogP contribution >= 0.6 is 0 Å². The number of urea groups is 1. The Hall–Kier alpha value is -1.79. The molecule has 22 heavy (non-hydrogen) atoms. The van der Waals surface area contributed by atoms with Crippen molar-refractivity contribution in [3.8, 4) is 0 Å². The molecule has 0 spiro atoms. The summed E-state index contributed by atoms with van der Waals surface area (Å²) in [6.07, 6.45) is 1.90. The van der Waals surface area contributed by atoms with Crippen LogP contribution in [-0.2, 0) is 9.59 Å². The Balaban J connectivity index is 2.66. The lowest BCUT2D eigenvalue weighted by atomic mass is 9.94. The van der Waals surface area contributed by atoms with E-state index in [4.69, 9.17) is 5.11 Å². The molecule has 0 aromatic heterocycles. The molecule has 7 nitrogen and oxygen atoms in total. The summed E-state index contributed by atoms with van der Waals surface area (Å²) >= 11 is 0. The second-order valence-electron chi connectivity index (χ2n) is 6.06. The molecule has 126 valence electrons. The summed E-state index contributed by atoms with van der Waals surface area (Å²) in [4.78, 5) is 40.2. The van der Waals surface area contributed by atoms with Gasteiger partial charge in [0, 0.05) is 39.1 Å². The molecule has 0 radical (unpaired) electrons. The minimum absolute atomic E-state index is 0.0461. The molecule has 7 heteroatoms. The van der Waals surface area contributed by atoms with Crippen LogP contribution < -0.4 is 0 Å². The quantitative estimate of drug-likeness (QED) is 0.824. The highest BCUT2D eigenvalue weighted by molar-refractivity contribution is 5.83. The minimum Gasteiger partial charge on any atom is -0.480 e. The predicted octanol–water partition coefficient (Wildman–Crippen LogP) is 1.09. The summed E-state index contributed by atoms with van der Waals surface area (Å²) in [5.74, 6) is -1.29. The zero-order valence-corrected chi connectivity index (χ0v) is 13.9. The fourth-order valence-electron chi connectivity index (χ4n) is 2.65. The molecule has 0 aromatic carbocycles. The Morgan fingerprint density at radius 3 is 2.18 bits per heavy atom. The van der Waals surface area contributed by atoms with Crippen molar-refractivity contribution in [2.75, 3.05) is 33.7 Å². The van der Waals surface area contributed by atoms with Gasteiger partial charge in [0.2, 0.25) is 5.91 Å². The fraction of sp³-hybridized carbons (Fsp3) is 0.800. The lowest BCUT2D eigenvalue weighted by molar-refractivity contribution is -0.148. The first-order chi connectivity index (χ1) is 10.3. The molecule has 1 atom stereocenters. The monoisotopic (exact) mass is 313 g/mol. The highest BCUT2D eigenvalue weighted by Crippen LogP contribution is 2.22. The van der Waals surface area contributed by atoms with Gasteiger partial charge in [-0.2, -0.15) is 0 Å². The molecule has 1 N–H and O–H groups in total. The molecule has 0 aromatic rings. The Morgan fingerprint density at radius 2 is 1.77 bits per heavy atom. The average molecular weight is 313 g/mol. The maximum atomic E-state index is 12.6. The van der Waals surface area contributed by atoms with Crippen LogP contribution in [0.1, 0.15) is 33.1 Å². The predicted molar refractivity (Wildman–Crippen MR) is 82.5 cm³/mol. The van der Waals surface area contributed by atoms with Gasteiger partial charge in [0.25, 0.3) is 0 Å². The summed E-state index contributed by atoms with van der Waals surface area (Å²) in [5.41, 5.74) is 0. The second-order valence-corrected chi connectivity index (χ2v) is 6.06. The van der Waals surface area contributed by atoms with Crippen molar-refractivity contribution >= 4 is 17.9 Å². The van der Waals surface area contributed by atoms with E-state index >= 15 is 0 Å². The molecule has 3 amide bonds. The largest absolute Gasteiger partial charge is 0.480 e. The van der Waals surface area contributed by atoms with E-state index in [1.54, 1.807) is 19.0 Å². The third-order valence-corrected chi connectivity index (χ3v) is 4.21. The summed E-state index contributed by atoms with van der Waals surface area (Å²) < 4.78 is 0. The first-order valence-electron chi connectivity index (χ1n) is 7.76. The van der Waals surface area contributed by atoms with E-state index in [2.05, 4.69) is 0 Å². The van der Waals surface area contributed by atoms with Crippen LogP contribution in [0.4, 0.5) is 4.79 Å². The summed E-state index contributed by atoms with van der Waals surface area (Å²) in [5, 5.41) is 9.00. The van der Waals surface area contributed by atoms with Crippen molar-refractivity contribution < 1.29 is 19.5 Å². The Morgan fingerprint density at radius 1 is 1.23 bits per heavy atom. The van der Waals surface area contributed by atoms with E-state index < -0.39 is 5.97 Å². The number of rotatable bonds is 5. The van der Waals surface area contributed by atoms with Gasteiger partial charge in [0.15, 0.2) is 0 Å². The number of carbonyl (C=O) groups excluding carboxylic acids is 2. The van der Waals surface area contributed by atoms with Gasteiger partial charge in [-0.05, 0) is 26.2 Å². The lowest BCUT2D eigenvalue weighted by Gasteiger charge is -2.36. The van der Waals surface area contributed by atoms with Gasteiger partial charge in [-0.25, -0.2) is 4.79 Å². The molecule has 1 saturated heterocycles. The third-order valence-electron chi connectivity index (χ3n) is 4.21. The molecule has 1 heterocycles. The topological polar surface area (TPSA) is 81.2 Å². The van der Waals surface area contributed by atoms with Crippen LogP contribution in [0.5, 0.6) is 0 Å². The van der Waals surface area contributed by atoms with Crippen molar-refractivity contribution in [2.45, 2.75) is 39.2 Å². The van der Waals surface area contributed by atoms with E-state index in [1.807, 2.05) is 13.8 Å². The highest BCUT2D eigenvalue weighted by atomic mass is 16.4. The second kappa shape index (κ2) is 8.00. The Labute approximate surface area is 131 Å². The fourth-order valence-corrected chi connectivity index (χ4v) is 2.65. The van der Waals surface area contributed by atoms with Crippen LogP contribution in [0.15, 0.2) is 0 Å². The molecule has 0 saturated carbocycles. The highest BCUT2D eigenvalue weighted by Gasteiger charge is 2.32. The van der Waals surface area contributed by atoms with E-state index in [0.717, 1.165) is 6.42 Å². The molecule has 1 aliphatic rings. The molecule has 1 aliphatic heterocycles. The number of likely N-dealkylation sites (tertiary alicyclic amines) is 1. The number of hydrogen-bond donors (Lipinski definition) is 1. The van der Waals surface area contributed by atoms with Crippen molar-refractivity contribution in [3.63, 3.8) is 0 Å². The number of amides is 3. The van der Waals surface area contributed by atoms with Crippen molar-refractivity contribution in [1.29, 1.82) is 0 Å². The number of aliphatic carboxylic acids is 1. The van der Waals surface area contributed by atoms with Gasteiger partial charge in [0.1, 0.15) is 6.54 Å². The van der Waals surface area contributed by atoms with Crippen LogP contribution in [-0.4, -0.2) is 77.5 Å². The number of carboxylic acid groups (broad SMARTS) is 1. The number of nitrogens with zero attached hydrogens (tertiary/aromatic N) is 3. The van der Waals surface area contributed by atoms with Gasteiger partial charge in [-0.15, -0.1) is 0 Å². The van der Waals surface area contributed by atoms with E-state index in [9.17, 15) is 14.4 Å². The molecular weight excluding hydrogens is 286 g/mol. The molecule has 1 unspecified atom stereocenters. The summed E-state index contributed by atoms with van der Waals surface area (Å²) in [7, 11) is 3.41. The van der Waals surface area contributed by atoms with Gasteiger partial charge in [-0.3, -0.25) is 9.59 Å². The summed E-state index contributed by atoms with van der Waals surface area (Å²) in [6.45, 7) is 4.62. The first kappa shape index (κ1) is 18.3. The van der Waals surface area contributed by atoms with E-state index in [0.29, 0.717) is 25.9 Å². The van der Waals surface area contributed by atoms with Gasteiger partial charge < -0.3 is 19.8 Å². The van der Waals surface area contributed by atoms with Gasteiger partial charge in [0.05, 0.1) is 0 Å². The molecule has 1 fully saturated rings. The van der Waals surface area contributed by atoms with E-state index in [1.165, 1.54) is 9.80 Å². The number of hydrogen-bond acceptors (Lipinski definition) is 3. The Kier molecular flexibility index (Phi) is 6.64. The van der Waals surface area contributed by atoms with Crippen LogP contribution in [0.25, 0.3) is 0 Å². The molecule has 0 bridgehead atoms. The standard InChI is InChI=1S/C15H27N3O4/c1-5-11(2)18(10-13(19)20)14(21)12-6-8-17(9-7-12)15(22)16(3)4/h11-12H,5-10H2,1-4H3,(H,19,20). The third kappa shape index (κ3) is 4.61. The minimum atomic E-state index is -0.992.